The maximum Gasteiger partial charge on any atom is 0.252 e. The highest BCUT2D eigenvalue weighted by Crippen LogP contribution is 2.23. The Balaban J connectivity index is 1.76. The SMILES string of the molecule is COc1ccc(CN(Cc2cc3cc(C)ccc3[nH]c2=O)S(=O)(=O)c2ccc(C)cc2)cc1. The van der Waals surface area contributed by atoms with Crippen molar-refractivity contribution in [3.05, 3.63) is 105 Å². The van der Waals surface area contributed by atoms with Gasteiger partial charge in [-0.2, -0.15) is 4.31 Å². The molecule has 33 heavy (non-hydrogen) atoms. The van der Waals surface area contributed by atoms with Crippen LogP contribution in [0.5, 0.6) is 5.75 Å². The Bertz CT molecular complexity index is 1440. The number of aromatic amines is 1. The molecule has 7 heteroatoms. The number of aromatic nitrogens is 1. The summed E-state index contributed by atoms with van der Waals surface area (Å²) in [4.78, 5) is 15.9. The number of aryl methyl sites for hydroxylation is 2. The first kappa shape index (κ1) is 22.8. The van der Waals surface area contributed by atoms with Crippen LogP contribution in [0.25, 0.3) is 10.9 Å². The molecule has 0 aliphatic rings. The number of methoxy groups -OCH3 is 1. The van der Waals surface area contributed by atoms with Crippen LogP contribution in [0.2, 0.25) is 0 Å². The Labute approximate surface area is 193 Å². The van der Waals surface area contributed by atoms with Crippen molar-refractivity contribution in [3.63, 3.8) is 0 Å². The van der Waals surface area contributed by atoms with E-state index in [-0.39, 0.29) is 23.5 Å². The lowest BCUT2D eigenvalue weighted by molar-refractivity contribution is 0.398. The summed E-state index contributed by atoms with van der Waals surface area (Å²) in [5.41, 5.74) is 3.62. The van der Waals surface area contributed by atoms with E-state index >= 15 is 0 Å². The molecule has 0 fully saturated rings. The van der Waals surface area contributed by atoms with Gasteiger partial charge in [0.25, 0.3) is 5.56 Å². The van der Waals surface area contributed by atoms with E-state index in [0.717, 1.165) is 27.6 Å². The number of sulfonamides is 1. The Morgan fingerprint density at radius 3 is 2.18 bits per heavy atom. The summed E-state index contributed by atoms with van der Waals surface area (Å²) in [5.74, 6) is 0.688. The maximum atomic E-state index is 13.6. The van der Waals surface area contributed by atoms with Crippen LogP contribution < -0.4 is 10.3 Å². The molecule has 6 nitrogen and oxygen atoms in total. The van der Waals surface area contributed by atoms with E-state index in [4.69, 9.17) is 4.74 Å². The summed E-state index contributed by atoms with van der Waals surface area (Å²) in [5, 5.41) is 0.863. The molecule has 0 spiro atoms. The average Bonchev–Trinajstić information content (AvgIpc) is 2.80. The van der Waals surface area contributed by atoms with Crippen LogP contribution in [-0.2, 0) is 23.1 Å². The van der Waals surface area contributed by atoms with Crippen LogP contribution in [0, 0.1) is 13.8 Å². The molecule has 4 rings (SSSR count). The van der Waals surface area contributed by atoms with Crippen molar-refractivity contribution < 1.29 is 13.2 Å². The molecular weight excluding hydrogens is 436 g/mol. The number of hydrogen-bond donors (Lipinski definition) is 1. The second kappa shape index (κ2) is 9.21. The van der Waals surface area contributed by atoms with Gasteiger partial charge in [0, 0.05) is 24.2 Å². The van der Waals surface area contributed by atoms with Gasteiger partial charge in [-0.3, -0.25) is 4.79 Å². The molecule has 0 atom stereocenters. The number of nitrogens with zero attached hydrogens (tertiary/aromatic N) is 1. The Morgan fingerprint density at radius 1 is 0.848 bits per heavy atom. The van der Waals surface area contributed by atoms with Gasteiger partial charge in [0.1, 0.15) is 5.75 Å². The van der Waals surface area contributed by atoms with E-state index in [9.17, 15) is 13.2 Å². The molecule has 0 saturated carbocycles. The molecule has 1 N–H and O–H groups in total. The summed E-state index contributed by atoms with van der Waals surface area (Å²) in [6.45, 7) is 3.94. The molecule has 0 bridgehead atoms. The minimum atomic E-state index is -3.86. The number of hydrogen-bond acceptors (Lipinski definition) is 4. The van der Waals surface area contributed by atoms with Crippen LogP contribution in [-0.4, -0.2) is 24.8 Å². The molecule has 0 amide bonds. The lowest BCUT2D eigenvalue weighted by atomic mass is 10.1. The van der Waals surface area contributed by atoms with Crippen molar-refractivity contribution in [3.8, 4) is 5.75 Å². The molecular formula is C26H26N2O4S. The average molecular weight is 463 g/mol. The fourth-order valence-electron chi connectivity index (χ4n) is 3.70. The molecule has 0 saturated heterocycles. The first-order valence-corrected chi connectivity index (χ1v) is 12.0. The lowest BCUT2D eigenvalue weighted by Crippen LogP contribution is -2.32. The number of ether oxygens (including phenoxy) is 1. The molecule has 0 radical (unpaired) electrons. The predicted octanol–water partition coefficient (Wildman–Crippen LogP) is 4.54. The molecule has 4 aromatic rings. The fraction of sp³-hybridized carbons (Fsp3) is 0.192. The van der Waals surface area contributed by atoms with Gasteiger partial charge in [0.15, 0.2) is 0 Å². The van der Waals surface area contributed by atoms with Crippen molar-refractivity contribution in [2.24, 2.45) is 0 Å². The number of rotatable bonds is 7. The number of pyridine rings is 1. The van der Waals surface area contributed by atoms with Gasteiger partial charge >= 0.3 is 0 Å². The highest BCUT2D eigenvalue weighted by Gasteiger charge is 2.26. The van der Waals surface area contributed by atoms with Gasteiger partial charge < -0.3 is 9.72 Å². The smallest absolute Gasteiger partial charge is 0.252 e. The molecule has 0 unspecified atom stereocenters. The molecule has 3 aromatic carbocycles. The lowest BCUT2D eigenvalue weighted by Gasteiger charge is -2.23. The minimum Gasteiger partial charge on any atom is -0.497 e. The van der Waals surface area contributed by atoms with Crippen molar-refractivity contribution in [2.45, 2.75) is 31.8 Å². The minimum absolute atomic E-state index is 0.0541. The van der Waals surface area contributed by atoms with Crippen LogP contribution in [0.3, 0.4) is 0 Å². The molecule has 1 aromatic heterocycles. The zero-order valence-electron chi connectivity index (χ0n) is 18.8. The van der Waals surface area contributed by atoms with Gasteiger partial charge in [-0.25, -0.2) is 8.42 Å². The van der Waals surface area contributed by atoms with E-state index in [1.807, 2.05) is 44.2 Å². The Morgan fingerprint density at radius 2 is 1.52 bits per heavy atom. The highest BCUT2D eigenvalue weighted by molar-refractivity contribution is 7.89. The monoisotopic (exact) mass is 462 g/mol. The number of benzene rings is 3. The third kappa shape index (κ3) is 4.99. The van der Waals surface area contributed by atoms with E-state index in [1.54, 1.807) is 49.6 Å². The van der Waals surface area contributed by atoms with Gasteiger partial charge in [0.2, 0.25) is 10.0 Å². The van der Waals surface area contributed by atoms with E-state index < -0.39 is 10.0 Å². The number of H-pyrrole nitrogens is 1. The highest BCUT2D eigenvalue weighted by atomic mass is 32.2. The van der Waals surface area contributed by atoms with Crippen LogP contribution in [0.1, 0.15) is 22.3 Å². The summed E-state index contributed by atoms with van der Waals surface area (Å²) >= 11 is 0. The zero-order chi connectivity index (χ0) is 23.6. The van der Waals surface area contributed by atoms with Crippen LogP contribution in [0.4, 0.5) is 0 Å². The standard InChI is InChI=1S/C26H26N2O4S/c1-18-4-11-24(12-5-18)33(30,31)28(16-20-7-9-23(32-3)10-8-20)17-22-15-21-14-19(2)6-13-25(21)27-26(22)29/h4-15H,16-17H2,1-3H3,(H,27,29). The first-order valence-electron chi connectivity index (χ1n) is 10.6. The summed E-state index contributed by atoms with van der Waals surface area (Å²) in [6.07, 6.45) is 0. The number of fused-ring (bicyclic) bond motifs is 1. The fourth-order valence-corrected chi connectivity index (χ4v) is 5.10. The van der Waals surface area contributed by atoms with E-state index in [2.05, 4.69) is 4.98 Å². The summed E-state index contributed by atoms with van der Waals surface area (Å²) in [6, 6.07) is 21.5. The van der Waals surface area contributed by atoms with Crippen molar-refractivity contribution in [2.75, 3.05) is 7.11 Å². The number of nitrogens with one attached hydrogen (secondary N) is 1. The largest absolute Gasteiger partial charge is 0.497 e. The maximum absolute atomic E-state index is 13.6. The normalized spacial score (nSPS) is 11.8. The third-order valence-electron chi connectivity index (χ3n) is 5.60. The second-order valence-electron chi connectivity index (χ2n) is 8.15. The van der Waals surface area contributed by atoms with E-state index in [1.165, 1.54) is 4.31 Å². The van der Waals surface area contributed by atoms with Gasteiger partial charge in [0.05, 0.1) is 12.0 Å². The predicted molar refractivity (Wildman–Crippen MR) is 130 cm³/mol. The Kier molecular flexibility index (Phi) is 6.35. The van der Waals surface area contributed by atoms with Gasteiger partial charge in [-0.05, 0) is 67.3 Å². The third-order valence-corrected chi connectivity index (χ3v) is 7.41. The summed E-state index contributed by atoms with van der Waals surface area (Å²) < 4.78 is 33.7. The quantitative estimate of drug-likeness (QED) is 0.437. The molecule has 1 heterocycles. The van der Waals surface area contributed by atoms with Crippen molar-refractivity contribution in [1.29, 1.82) is 0 Å². The van der Waals surface area contributed by atoms with Crippen LogP contribution >= 0.6 is 0 Å². The van der Waals surface area contributed by atoms with Crippen molar-refractivity contribution in [1.82, 2.24) is 9.29 Å². The van der Waals surface area contributed by atoms with Crippen molar-refractivity contribution >= 4 is 20.9 Å². The summed E-state index contributed by atoms with van der Waals surface area (Å²) in [7, 11) is -2.28. The molecule has 170 valence electrons. The van der Waals surface area contributed by atoms with E-state index in [0.29, 0.717) is 11.3 Å². The van der Waals surface area contributed by atoms with Gasteiger partial charge in [-0.15, -0.1) is 0 Å². The van der Waals surface area contributed by atoms with Crippen LogP contribution in [0.15, 0.2) is 82.5 Å². The first-order chi connectivity index (χ1) is 15.8. The molecule has 0 aliphatic carbocycles. The van der Waals surface area contributed by atoms with Gasteiger partial charge in [-0.1, -0.05) is 41.5 Å². The Hall–Kier alpha value is -3.42. The second-order valence-corrected chi connectivity index (χ2v) is 10.1. The molecule has 0 aliphatic heterocycles. The topological polar surface area (TPSA) is 79.5 Å². The zero-order valence-corrected chi connectivity index (χ0v) is 19.6.